The second-order valence-electron chi connectivity index (χ2n) is 7.00. The molecule has 0 saturated carbocycles. The molecule has 0 saturated heterocycles. The first-order valence-electron chi connectivity index (χ1n) is 6.18. The summed E-state index contributed by atoms with van der Waals surface area (Å²) in [6.07, 6.45) is 1.30. The highest BCUT2D eigenvalue weighted by Gasteiger charge is 2.53. The summed E-state index contributed by atoms with van der Waals surface area (Å²) in [5.74, 6) is 0. The minimum Gasteiger partial charge on any atom is -0.328 e. The van der Waals surface area contributed by atoms with E-state index in [1.54, 1.807) is 0 Å². The largest absolute Gasteiger partial charge is 0.328 e. The minimum absolute atomic E-state index is 0.435. The van der Waals surface area contributed by atoms with E-state index in [2.05, 4.69) is 67.1 Å². The molecule has 0 atom stereocenters. The van der Waals surface area contributed by atoms with Crippen molar-refractivity contribution in [3.05, 3.63) is 0 Å². The quantitative estimate of drug-likeness (QED) is 0.644. The summed E-state index contributed by atoms with van der Waals surface area (Å²) in [6, 6.07) is 1.40. The van der Waals surface area contributed by atoms with E-state index in [-0.39, 0.29) is 0 Å². The highest BCUT2D eigenvalue weighted by molar-refractivity contribution is 6.82. The van der Waals surface area contributed by atoms with Crippen LogP contribution in [0.3, 0.4) is 0 Å². The van der Waals surface area contributed by atoms with Crippen molar-refractivity contribution >= 4 is 8.24 Å². The van der Waals surface area contributed by atoms with Gasteiger partial charge in [0.05, 0.1) is 0 Å². The summed E-state index contributed by atoms with van der Waals surface area (Å²) < 4.78 is 2.58. The molecule has 0 amide bonds. The normalized spacial score (nSPS) is 14.8. The first-order chi connectivity index (χ1) is 6.50. The van der Waals surface area contributed by atoms with Crippen LogP contribution in [0.25, 0.3) is 0 Å². The van der Waals surface area contributed by atoms with Gasteiger partial charge in [0.25, 0.3) is 0 Å². The van der Waals surface area contributed by atoms with Crippen LogP contribution in [0.15, 0.2) is 0 Å². The first-order valence-corrected chi connectivity index (χ1v) is 8.33. The molecule has 0 aliphatic heterocycles. The van der Waals surface area contributed by atoms with Gasteiger partial charge in [0.2, 0.25) is 0 Å². The molecular formula is C13H31NSi. The zero-order valence-electron chi connectivity index (χ0n) is 12.4. The molecule has 0 aliphatic carbocycles. The Kier molecular flexibility index (Phi) is 4.64. The molecule has 0 rings (SSSR count). The van der Waals surface area contributed by atoms with Gasteiger partial charge in [-0.1, -0.05) is 54.9 Å². The van der Waals surface area contributed by atoms with Crippen molar-refractivity contribution in [2.45, 2.75) is 71.0 Å². The summed E-state index contributed by atoms with van der Waals surface area (Å²) >= 11 is 0. The Morgan fingerprint density at radius 2 is 1.20 bits per heavy atom. The summed E-state index contributed by atoms with van der Waals surface area (Å²) in [5, 5.41) is 0.871. The Balaban J connectivity index is 5.50. The van der Waals surface area contributed by atoms with Gasteiger partial charge in [-0.25, -0.2) is 0 Å². The van der Waals surface area contributed by atoms with Crippen LogP contribution in [0, 0.1) is 0 Å². The fraction of sp³-hybridized carbons (Fsp3) is 1.00. The number of hydrogen-bond acceptors (Lipinski definition) is 1. The first kappa shape index (κ1) is 15.2. The maximum absolute atomic E-state index is 2.58. The molecule has 0 aromatic heterocycles. The molecule has 15 heavy (non-hydrogen) atoms. The lowest BCUT2D eigenvalue weighted by Crippen LogP contribution is -2.62. The van der Waals surface area contributed by atoms with Crippen LogP contribution in [0.5, 0.6) is 0 Å². The summed E-state index contributed by atoms with van der Waals surface area (Å²) in [5.41, 5.74) is 0. The third-order valence-corrected chi connectivity index (χ3v) is 11.6. The van der Waals surface area contributed by atoms with E-state index in [0.29, 0.717) is 10.1 Å². The Bertz CT molecular complexity index is 182. The van der Waals surface area contributed by atoms with E-state index in [0.717, 1.165) is 0 Å². The van der Waals surface area contributed by atoms with Gasteiger partial charge in [-0.15, -0.1) is 0 Å². The summed E-state index contributed by atoms with van der Waals surface area (Å²) in [7, 11) is 3.14. The van der Waals surface area contributed by atoms with Crippen molar-refractivity contribution in [3.63, 3.8) is 0 Å². The molecule has 0 aromatic rings. The van der Waals surface area contributed by atoms with E-state index in [9.17, 15) is 0 Å². The standard InChI is InChI=1S/C13H31NSi/c1-10-11-15(14(8)9,12(2,3)4)13(5,6)7/h10-11H2,1-9H3. The summed E-state index contributed by atoms with van der Waals surface area (Å²) in [6.45, 7) is 16.9. The zero-order valence-corrected chi connectivity index (χ0v) is 13.4. The maximum atomic E-state index is 2.58. The van der Waals surface area contributed by atoms with Gasteiger partial charge in [0, 0.05) is 0 Å². The molecule has 0 bridgehead atoms. The molecule has 0 heterocycles. The van der Waals surface area contributed by atoms with Crippen LogP contribution < -0.4 is 0 Å². The molecule has 0 spiro atoms. The second-order valence-corrected chi connectivity index (χ2v) is 13.1. The van der Waals surface area contributed by atoms with Crippen molar-refractivity contribution in [2.75, 3.05) is 14.1 Å². The fourth-order valence-electron chi connectivity index (χ4n) is 3.80. The van der Waals surface area contributed by atoms with Gasteiger partial charge in [-0.05, 0) is 30.2 Å². The molecule has 0 N–H and O–H groups in total. The van der Waals surface area contributed by atoms with Crippen LogP contribution in [-0.2, 0) is 0 Å². The predicted octanol–water partition coefficient (Wildman–Crippen LogP) is 4.50. The number of nitrogens with zero attached hydrogens (tertiary/aromatic N) is 1. The van der Waals surface area contributed by atoms with Gasteiger partial charge in [0.15, 0.2) is 0 Å². The average Bonchev–Trinajstić information content (AvgIpc) is 1.93. The van der Waals surface area contributed by atoms with E-state index < -0.39 is 8.24 Å². The molecule has 0 fully saturated rings. The topological polar surface area (TPSA) is 3.24 Å². The maximum Gasteiger partial charge on any atom is 0.138 e. The lowest BCUT2D eigenvalue weighted by molar-refractivity contribution is 0.467. The van der Waals surface area contributed by atoms with Gasteiger partial charge >= 0.3 is 0 Å². The van der Waals surface area contributed by atoms with Gasteiger partial charge in [-0.2, -0.15) is 0 Å². The Labute approximate surface area is 98.3 Å². The number of hydrogen-bond donors (Lipinski definition) is 0. The van der Waals surface area contributed by atoms with Crippen molar-refractivity contribution in [2.24, 2.45) is 0 Å². The van der Waals surface area contributed by atoms with Crippen molar-refractivity contribution < 1.29 is 0 Å². The van der Waals surface area contributed by atoms with Crippen LogP contribution in [0.1, 0.15) is 54.9 Å². The van der Waals surface area contributed by atoms with E-state index >= 15 is 0 Å². The third kappa shape index (κ3) is 2.65. The Morgan fingerprint density at radius 1 is 0.867 bits per heavy atom. The average molecular weight is 229 g/mol. The SMILES string of the molecule is CCC[Si](N(C)C)(C(C)(C)C)C(C)(C)C. The van der Waals surface area contributed by atoms with Crippen molar-refractivity contribution in [1.29, 1.82) is 0 Å². The zero-order chi connectivity index (χ0) is 12.5. The van der Waals surface area contributed by atoms with Gasteiger partial charge in [-0.3, -0.25) is 0 Å². The lowest BCUT2D eigenvalue weighted by atomic mass is 10.2. The molecule has 0 aliphatic rings. The molecule has 1 nitrogen and oxygen atoms in total. The van der Waals surface area contributed by atoms with E-state index in [4.69, 9.17) is 0 Å². The second kappa shape index (κ2) is 4.58. The monoisotopic (exact) mass is 229 g/mol. The highest BCUT2D eigenvalue weighted by Crippen LogP contribution is 2.54. The third-order valence-electron chi connectivity index (χ3n) is 3.86. The summed E-state index contributed by atoms with van der Waals surface area (Å²) in [4.78, 5) is 0. The Morgan fingerprint density at radius 3 is 1.27 bits per heavy atom. The van der Waals surface area contributed by atoms with E-state index in [1.165, 1.54) is 12.5 Å². The molecule has 0 radical (unpaired) electrons. The van der Waals surface area contributed by atoms with Crippen LogP contribution in [-0.4, -0.2) is 26.9 Å². The van der Waals surface area contributed by atoms with Crippen molar-refractivity contribution in [3.8, 4) is 0 Å². The fourth-order valence-corrected chi connectivity index (χ4v) is 11.4. The van der Waals surface area contributed by atoms with E-state index in [1.807, 2.05) is 0 Å². The minimum atomic E-state index is -1.44. The molecule has 0 unspecified atom stereocenters. The van der Waals surface area contributed by atoms with Crippen molar-refractivity contribution in [1.82, 2.24) is 4.57 Å². The highest BCUT2D eigenvalue weighted by atomic mass is 28.3. The predicted molar refractivity (Wildman–Crippen MR) is 74.0 cm³/mol. The molecular weight excluding hydrogens is 198 g/mol. The Hall–Kier alpha value is 0.177. The van der Waals surface area contributed by atoms with Crippen LogP contribution in [0.2, 0.25) is 16.1 Å². The molecule has 92 valence electrons. The molecule has 2 heteroatoms. The lowest BCUT2D eigenvalue weighted by Gasteiger charge is -2.55. The smallest absolute Gasteiger partial charge is 0.138 e. The van der Waals surface area contributed by atoms with Gasteiger partial charge in [0.1, 0.15) is 8.24 Å². The van der Waals surface area contributed by atoms with Crippen LogP contribution in [0.4, 0.5) is 0 Å². The molecule has 0 aromatic carbocycles. The van der Waals surface area contributed by atoms with Gasteiger partial charge < -0.3 is 4.57 Å². The number of rotatable bonds is 3. The van der Waals surface area contributed by atoms with Crippen LogP contribution >= 0.6 is 0 Å².